The Hall–Kier alpha value is -2.97. The van der Waals surface area contributed by atoms with Crippen molar-refractivity contribution in [1.82, 2.24) is 4.98 Å². The molecule has 1 heterocycles. The summed E-state index contributed by atoms with van der Waals surface area (Å²) in [5, 5.41) is 10.4. The van der Waals surface area contributed by atoms with E-state index in [0.717, 1.165) is 12.1 Å². The van der Waals surface area contributed by atoms with Gasteiger partial charge in [-0.2, -0.15) is 5.26 Å². The molecule has 0 aliphatic heterocycles. The summed E-state index contributed by atoms with van der Waals surface area (Å²) in [5.74, 6) is -2.14. The van der Waals surface area contributed by atoms with E-state index in [1.165, 1.54) is 12.3 Å². The van der Waals surface area contributed by atoms with Crippen molar-refractivity contribution in [3.63, 3.8) is 0 Å². The minimum atomic E-state index is -0.846. The Morgan fingerprint density at radius 3 is 2.71 bits per heavy atom. The van der Waals surface area contributed by atoms with E-state index in [1.807, 2.05) is 0 Å². The van der Waals surface area contributed by atoms with Crippen LogP contribution in [0.5, 0.6) is 0 Å². The number of benzene rings is 2. The van der Waals surface area contributed by atoms with Crippen molar-refractivity contribution in [2.45, 2.75) is 0 Å². The van der Waals surface area contributed by atoms with Crippen molar-refractivity contribution >= 4 is 34.4 Å². The van der Waals surface area contributed by atoms with Crippen LogP contribution >= 0.6 is 11.6 Å². The van der Waals surface area contributed by atoms with Crippen molar-refractivity contribution in [3.05, 3.63) is 76.0 Å². The van der Waals surface area contributed by atoms with Crippen molar-refractivity contribution in [2.24, 2.45) is 0 Å². The lowest BCUT2D eigenvalue weighted by Gasteiger charge is -2.01. The summed E-state index contributed by atoms with van der Waals surface area (Å²) in [5.41, 5.74) is 0.633. The molecule has 1 aromatic heterocycles. The van der Waals surface area contributed by atoms with Crippen molar-refractivity contribution < 1.29 is 13.6 Å². The van der Waals surface area contributed by atoms with Crippen molar-refractivity contribution in [1.29, 1.82) is 5.26 Å². The number of nitriles is 1. The summed E-state index contributed by atoms with van der Waals surface area (Å²) < 4.78 is 26.7. The van der Waals surface area contributed by atoms with Crippen LogP contribution in [0.15, 0.2) is 48.2 Å². The molecule has 2 aromatic carbocycles. The van der Waals surface area contributed by atoms with Gasteiger partial charge in [-0.15, -0.1) is 0 Å². The molecule has 1 N–H and O–H groups in total. The summed E-state index contributed by atoms with van der Waals surface area (Å²) in [6.07, 6.45) is 2.57. The Bertz CT molecular complexity index is 1030. The number of rotatable bonds is 3. The van der Waals surface area contributed by atoms with Gasteiger partial charge in [0, 0.05) is 39.3 Å². The molecule has 0 amide bonds. The van der Waals surface area contributed by atoms with Gasteiger partial charge in [0.05, 0.1) is 0 Å². The highest BCUT2D eigenvalue weighted by atomic mass is 35.5. The van der Waals surface area contributed by atoms with E-state index in [1.54, 1.807) is 24.3 Å². The summed E-state index contributed by atoms with van der Waals surface area (Å²) in [4.78, 5) is 15.5. The van der Waals surface area contributed by atoms with Crippen molar-refractivity contribution in [3.8, 4) is 6.07 Å². The standard InChI is InChI=1S/C18H9ClF2N2O/c19-12-2-4-14-15(9-23-17(14)6-12)18(24)11(8-22)5-10-1-3-13(20)7-16(10)21/h1-7,9,23H/b11-5+. The number of aromatic amines is 1. The van der Waals surface area contributed by atoms with Crippen LogP contribution in [0.4, 0.5) is 8.78 Å². The van der Waals surface area contributed by atoms with Crippen LogP contribution in [-0.4, -0.2) is 10.8 Å². The summed E-state index contributed by atoms with van der Waals surface area (Å²) in [6.45, 7) is 0. The number of ketones is 1. The third-order valence-corrected chi connectivity index (χ3v) is 3.75. The fourth-order valence-electron chi connectivity index (χ4n) is 2.35. The van der Waals surface area contributed by atoms with Crippen LogP contribution < -0.4 is 0 Å². The molecule has 6 heteroatoms. The van der Waals surface area contributed by atoms with Crippen LogP contribution in [0.2, 0.25) is 5.02 Å². The monoisotopic (exact) mass is 342 g/mol. The Morgan fingerprint density at radius 1 is 1.21 bits per heavy atom. The molecule has 3 aromatic rings. The first kappa shape index (κ1) is 15.9. The zero-order valence-electron chi connectivity index (χ0n) is 12.1. The number of fused-ring (bicyclic) bond motifs is 1. The normalized spacial score (nSPS) is 11.5. The highest BCUT2D eigenvalue weighted by molar-refractivity contribution is 6.31. The van der Waals surface area contributed by atoms with E-state index in [9.17, 15) is 18.8 Å². The second-order valence-electron chi connectivity index (χ2n) is 5.06. The van der Waals surface area contributed by atoms with Gasteiger partial charge in [0.15, 0.2) is 0 Å². The molecule has 0 fully saturated rings. The zero-order valence-corrected chi connectivity index (χ0v) is 12.9. The van der Waals surface area contributed by atoms with Gasteiger partial charge in [0.2, 0.25) is 5.78 Å². The third kappa shape index (κ3) is 2.92. The number of carbonyl (C=O) groups is 1. The number of Topliss-reactive ketones (excluding diaryl/α,β-unsaturated/α-hetero) is 1. The van der Waals surface area contributed by atoms with Crippen LogP contribution in [0, 0.1) is 23.0 Å². The van der Waals surface area contributed by atoms with E-state index in [4.69, 9.17) is 11.6 Å². The molecular weight excluding hydrogens is 334 g/mol. The minimum Gasteiger partial charge on any atom is -0.360 e. The van der Waals surface area contributed by atoms with Crippen LogP contribution in [0.25, 0.3) is 17.0 Å². The maximum Gasteiger partial charge on any atom is 0.205 e. The third-order valence-electron chi connectivity index (χ3n) is 3.52. The first-order chi connectivity index (χ1) is 11.5. The molecule has 3 rings (SSSR count). The average Bonchev–Trinajstić information content (AvgIpc) is 2.96. The molecule has 0 spiro atoms. The Kier molecular flexibility index (Phi) is 4.15. The highest BCUT2D eigenvalue weighted by Gasteiger charge is 2.17. The van der Waals surface area contributed by atoms with Gasteiger partial charge < -0.3 is 4.98 Å². The van der Waals surface area contributed by atoms with Gasteiger partial charge in [0.1, 0.15) is 23.3 Å². The van der Waals surface area contributed by atoms with Gasteiger partial charge in [-0.1, -0.05) is 17.7 Å². The van der Waals surface area contributed by atoms with E-state index < -0.39 is 17.4 Å². The fourth-order valence-corrected chi connectivity index (χ4v) is 2.53. The predicted octanol–water partition coefficient (Wildman–Crippen LogP) is 4.89. The second-order valence-corrected chi connectivity index (χ2v) is 5.49. The first-order valence-corrected chi connectivity index (χ1v) is 7.25. The zero-order chi connectivity index (χ0) is 17.3. The largest absolute Gasteiger partial charge is 0.360 e. The average molecular weight is 343 g/mol. The number of hydrogen-bond donors (Lipinski definition) is 1. The van der Waals surface area contributed by atoms with Crippen molar-refractivity contribution in [2.75, 3.05) is 0 Å². The van der Waals surface area contributed by atoms with Gasteiger partial charge in [-0.3, -0.25) is 4.79 Å². The number of nitrogens with zero attached hydrogens (tertiary/aromatic N) is 1. The first-order valence-electron chi connectivity index (χ1n) is 6.88. The molecular formula is C18H9ClF2N2O. The van der Waals surface area contributed by atoms with Crippen LogP contribution in [0.3, 0.4) is 0 Å². The van der Waals surface area contributed by atoms with E-state index in [0.29, 0.717) is 22.0 Å². The maximum absolute atomic E-state index is 13.7. The molecule has 118 valence electrons. The molecule has 0 bridgehead atoms. The second kappa shape index (κ2) is 6.26. The van der Waals surface area contributed by atoms with Crippen LogP contribution in [0.1, 0.15) is 15.9 Å². The van der Waals surface area contributed by atoms with Gasteiger partial charge >= 0.3 is 0 Å². The number of halogens is 3. The summed E-state index contributed by atoms with van der Waals surface area (Å²) in [7, 11) is 0. The smallest absolute Gasteiger partial charge is 0.205 e. The quantitative estimate of drug-likeness (QED) is 0.418. The lowest BCUT2D eigenvalue weighted by molar-refractivity contribution is 0.104. The highest BCUT2D eigenvalue weighted by Crippen LogP contribution is 2.25. The van der Waals surface area contributed by atoms with Gasteiger partial charge in [-0.05, 0) is 30.3 Å². The molecule has 0 aliphatic rings. The molecule has 0 unspecified atom stereocenters. The van der Waals surface area contributed by atoms with Crippen LogP contribution in [-0.2, 0) is 0 Å². The number of aromatic nitrogens is 1. The lowest BCUT2D eigenvalue weighted by Crippen LogP contribution is -2.01. The van der Waals surface area contributed by atoms with E-state index in [-0.39, 0.29) is 16.7 Å². The Balaban J connectivity index is 2.05. The summed E-state index contributed by atoms with van der Waals surface area (Å²) >= 11 is 5.89. The molecule has 0 aliphatic carbocycles. The van der Waals surface area contributed by atoms with E-state index in [2.05, 4.69) is 4.98 Å². The summed E-state index contributed by atoms with van der Waals surface area (Å²) in [6, 6.07) is 9.64. The lowest BCUT2D eigenvalue weighted by atomic mass is 10.0. The fraction of sp³-hybridized carbons (Fsp3) is 0. The SMILES string of the molecule is N#C/C(=C\c1ccc(F)cc1F)C(=O)c1c[nH]c2cc(Cl)ccc12. The number of hydrogen-bond acceptors (Lipinski definition) is 2. The minimum absolute atomic E-state index is 0.0378. The molecule has 0 radical (unpaired) electrons. The number of nitrogens with one attached hydrogen (secondary N) is 1. The van der Waals surface area contributed by atoms with Gasteiger partial charge in [-0.25, -0.2) is 8.78 Å². The molecule has 0 atom stereocenters. The Labute approximate surface area is 140 Å². The Morgan fingerprint density at radius 2 is 2.00 bits per heavy atom. The topological polar surface area (TPSA) is 56.6 Å². The number of carbonyl (C=O) groups excluding carboxylic acids is 1. The predicted molar refractivity (Wildman–Crippen MR) is 87.6 cm³/mol. The van der Waals surface area contributed by atoms with Gasteiger partial charge in [0.25, 0.3) is 0 Å². The maximum atomic E-state index is 13.7. The van der Waals surface area contributed by atoms with E-state index >= 15 is 0 Å². The molecule has 24 heavy (non-hydrogen) atoms. The molecule has 0 saturated carbocycles. The number of allylic oxidation sites excluding steroid dienone is 1. The molecule has 3 nitrogen and oxygen atoms in total. The molecule has 0 saturated heterocycles. The number of H-pyrrole nitrogens is 1.